The van der Waals surface area contributed by atoms with E-state index in [0.29, 0.717) is 22.5 Å². The van der Waals surface area contributed by atoms with Gasteiger partial charge in [0.2, 0.25) is 15.7 Å². The van der Waals surface area contributed by atoms with E-state index in [1.54, 1.807) is 18.2 Å². The van der Waals surface area contributed by atoms with Crippen molar-refractivity contribution in [2.24, 2.45) is 5.73 Å². The molecule has 1 saturated heterocycles. The zero-order valence-corrected chi connectivity index (χ0v) is 19.6. The van der Waals surface area contributed by atoms with Gasteiger partial charge < -0.3 is 25.8 Å². The number of fused-ring (bicyclic) bond motifs is 1. The van der Waals surface area contributed by atoms with Crippen molar-refractivity contribution in [1.82, 2.24) is 10.3 Å². The predicted molar refractivity (Wildman–Crippen MR) is 126 cm³/mol. The van der Waals surface area contributed by atoms with E-state index in [0.717, 1.165) is 0 Å². The van der Waals surface area contributed by atoms with E-state index in [2.05, 4.69) is 15.6 Å². The highest BCUT2D eigenvalue weighted by Crippen LogP contribution is 2.36. The third-order valence-electron chi connectivity index (χ3n) is 5.31. The summed E-state index contributed by atoms with van der Waals surface area (Å²) in [5, 5.41) is 6.81. The second kappa shape index (κ2) is 9.55. The standard InChI is InChI=1S/C22H21ClN4O6S/c1-32-22(29)15-8-12(21(24)28)2-4-17(15)27-20-14-9-13(23)3-5-16(14)26-10-18(20)34(30,31)19-11-25-6-7-33-19/h2-5,8-10,19,25H,6-7,11H2,1H3,(H2,24,28)(H,26,27). The highest BCUT2D eigenvalue weighted by molar-refractivity contribution is 7.92. The molecule has 0 spiro atoms. The van der Waals surface area contributed by atoms with Crippen LogP contribution in [0.2, 0.25) is 5.02 Å². The molecule has 0 saturated carbocycles. The molecule has 10 nitrogen and oxygen atoms in total. The van der Waals surface area contributed by atoms with Crippen LogP contribution in [0.3, 0.4) is 0 Å². The first-order chi connectivity index (χ1) is 16.2. The molecular weight excluding hydrogens is 484 g/mol. The zero-order chi connectivity index (χ0) is 24.5. The number of primary amides is 1. The molecule has 178 valence electrons. The number of sulfone groups is 1. The Bertz CT molecular complexity index is 1390. The van der Waals surface area contributed by atoms with Gasteiger partial charge in [0.05, 0.1) is 36.2 Å². The Balaban J connectivity index is 1.93. The average Bonchev–Trinajstić information content (AvgIpc) is 2.84. The smallest absolute Gasteiger partial charge is 0.339 e. The molecule has 4 rings (SSSR count). The topological polar surface area (TPSA) is 150 Å². The number of benzene rings is 2. The number of rotatable bonds is 6. The van der Waals surface area contributed by atoms with Gasteiger partial charge in [0.25, 0.3) is 0 Å². The minimum absolute atomic E-state index is 0.00952. The van der Waals surface area contributed by atoms with E-state index < -0.39 is 27.1 Å². The van der Waals surface area contributed by atoms with Crippen molar-refractivity contribution in [2.75, 3.05) is 32.1 Å². The van der Waals surface area contributed by atoms with Gasteiger partial charge in [-0.15, -0.1) is 0 Å². The Hall–Kier alpha value is -3.25. The third kappa shape index (κ3) is 4.55. The van der Waals surface area contributed by atoms with Gasteiger partial charge in [-0.1, -0.05) is 11.6 Å². The second-order valence-electron chi connectivity index (χ2n) is 7.45. The molecule has 0 radical (unpaired) electrons. The van der Waals surface area contributed by atoms with Crippen LogP contribution < -0.4 is 16.4 Å². The third-order valence-corrected chi connectivity index (χ3v) is 7.46. The summed E-state index contributed by atoms with van der Waals surface area (Å²) >= 11 is 6.20. The van der Waals surface area contributed by atoms with E-state index >= 15 is 0 Å². The number of halogens is 1. The summed E-state index contributed by atoms with van der Waals surface area (Å²) in [6.07, 6.45) is 1.24. The number of hydrogen-bond donors (Lipinski definition) is 3. The number of ether oxygens (including phenoxy) is 2. The van der Waals surface area contributed by atoms with Gasteiger partial charge >= 0.3 is 5.97 Å². The molecule has 1 amide bonds. The molecule has 0 bridgehead atoms. The summed E-state index contributed by atoms with van der Waals surface area (Å²) in [5.41, 5.74) is 5.12. The van der Waals surface area contributed by atoms with E-state index in [1.807, 2.05) is 0 Å². The normalized spacial score (nSPS) is 16.2. The highest BCUT2D eigenvalue weighted by Gasteiger charge is 2.33. The number of nitrogens with zero attached hydrogens (tertiary/aromatic N) is 1. The van der Waals surface area contributed by atoms with E-state index in [1.165, 1.54) is 31.5 Å². The van der Waals surface area contributed by atoms with Crippen LogP contribution in [0.15, 0.2) is 47.5 Å². The number of hydrogen-bond acceptors (Lipinski definition) is 9. The van der Waals surface area contributed by atoms with Gasteiger partial charge in [-0.3, -0.25) is 9.78 Å². The molecule has 3 aromatic rings. The number of methoxy groups -OCH3 is 1. The lowest BCUT2D eigenvalue weighted by atomic mass is 10.1. The number of nitrogens with two attached hydrogens (primary N) is 1. The Labute approximate surface area is 200 Å². The maximum atomic E-state index is 13.5. The quantitative estimate of drug-likeness (QED) is 0.429. The molecule has 1 aliphatic rings. The monoisotopic (exact) mass is 504 g/mol. The molecule has 4 N–H and O–H groups in total. The van der Waals surface area contributed by atoms with Crippen molar-refractivity contribution in [2.45, 2.75) is 10.3 Å². The van der Waals surface area contributed by atoms with Crippen LogP contribution in [0.1, 0.15) is 20.7 Å². The number of morpholine rings is 1. The van der Waals surface area contributed by atoms with Crippen LogP contribution in [0.5, 0.6) is 0 Å². The Morgan fingerprint density at radius 3 is 2.74 bits per heavy atom. The fourth-order valence-corrected chi connectivity index (χ4v) is 5.31. The summed E-state index contributed by atoms with van der Waals surface area (Å²) in [6.45, 7) is 0.883. The first-order valence-corrected chi connectivity index (χ1v) is 12.1. The largest absolute Gasteiger partial charge is 0.465 e. The summed E-state index contributed by atoms with van der Waals surface area (Å²) in [5.74, 6) is -1.48. The fourth-order valence-electron chi connectivity index (χ4n) is 3.59. The van der Waals surface area contributed by atoms with Gasteiger partial charge in [-0.05, 0) is 36.4 Å². The van der Waals surface area contributed by atoms with Crippen molar-refractivity contribution in [1.29, 1.82) is 0 Å². The van der Waals surface area contributed by atoms with E-state index in [-0.39, 0.29) is 40.5 Å². The first-order valence-electron chi connectivity index (χ1n) is 10.2. The van der Waals surface area contributed by atoms with Crippen molar-refractivity contribution in [3.8, 4) is 0 Å². The zero-order valence-electron chi connectivity index (χ0n) is 18.0. The van der Waals surface area contributed by atoms with Gasteiger partial charge in [-0.25, -0.2) is 13.2 Å². The molecule has 1 fully saturated rings. The number of amides is 1. The molecule has 2 heterocycles. The molecule has 1 aromatic heterocycles. The number of carbonyl (C=O) groups excluding carboxylic acids is 2. The van der Waals surface area contributed by atoms with Crippen LogP contribution >= 0.6 is 11.6 Å². The predicted octanol–water partition coefficient (Wildman–Crippen LogP) is 2.24. The Kier molecular flexibility index (Phi) is 6.71. The summed E-state index contributed by atoms with van der Waals surface area (Å²) < 4.78 is 37.4. The number of esters is 1. The molecule has 12 heteroatoms. The first kappa shape index (κ1) is 23.9. The SMILES string of the molecule is COC(=O)c1cc(C(N)=O)ccc1Nc1c(S(=O)(=O)C2CNCCO2)cnc2ccc(Cl)cc12. The fraction of sp³-hybridized carbons (Fsp3) is 0.227. The van der Waals surface area contributed by atoms with E-state index in [9.17, 15) is 18.0 Å². The summed E-state index contributed by atoms with van der Waals surface area (Å²) in [4.78, 5) is 28.2. The number of aromatic nitrogens is 1. The van der Waals surface area contributed by atoms with Crippen molar-refractivity contribution >= 4 is 55.6 Å². The maximum Gasteiger partial charge on any atom is 0.339 e. The maximum absolute atomic E-state index is 13.5. The van der Waals surface area contributed by atoms with Gasteiger partial charge in [-0.2, -0.15) is 0 Å². The van der Waals surface area contributed by atoms with Crippen LogP contribution in [0, 0.1) is 0 Å². The van der Waals surface area contributed by atoms with Gasteiger partial charge in [0.15, 0.2) is 5.44 Å². The number of pyridine rings is 1. The van der Waals surface area contributed by atoms with Crippen LogP contribution in [0.4, 0.5) is 11.4 Å². The lowest BCUT2D eigenvalue weighted by Crippen LogP contribution is -2.43. The summed E-state index contributed by atoms with van der Waals surface area (Å²) in [7, 11) is -2.83. The average molecular weight is 505 g/mol. The number of anilines is 2. The Morgan fingerprint density at radius 1 is 1.26 bits per heavy atom. The van der Waals surface area contributed by atoms with Gasteiger partial charge in [0, 0.05) is 35.3 Å². The molecule has 34 heavy (non-hydrogen) atoms. The second-order valence-corrected chi connectivity index (χ2v) is 9.94. The summed E-state index contributed by atoms with van der Waals surface area (Å²) in [6, 6.07) is 8.98. The molecule has 1 atom stereocenters. The van der Waals surface area contributed by atoms with Gasteiger partial charge in [0.1, 0.15) is 4.90 Å². The molecular formula is C22H21ClN4O6S. The molecule has 1 aliphatic heterocycles. The Morgan fingerprint density at radius 2 is 2.06 bits per heavy atom. The van der Waals surface area contributed by atoms with Crippen molar-refractivity contribution in [3.63, 3.8) is 0 Å². The lowest BCUT2D eigenvalue weighted by molar-refractivity contribution is 0.0602. The number of nitrogens with one attached hydrogen (secondary N) is 2. The number of carbonyl (C=O) groups is 2. The lowest BCUT2D eigenvalue weighted by Gasteiger charge is -2.25. The molecule has 2 aromatic carbocycles. The molecule has 1 unspecified atom stereocenters. The van der Waals surface area contributed by atoms with Crippen molar-refractivity contribution in [3.05, 3.63) is 58.7 Å². The van der Waals surface area contributed by atoms with Crippen LogP contribution in [-0.4, -0.2) is 57.5 Å². The minimum Gasteiger partial charge on any atom is -0.465 e. The minimum atomic E-state index is -4.02. The molecule has 0 aliphatic carbocycles. The highest BCUT2D eigenvalue weighted by atomic mass is 35.5. The van der Waals surface area contributed by atoms with E-state index in [4.69, 9.17) is 26.8 Å². The van der Waals surface area contributed by atoms with Crippen LogP contribution in [-0.2, 0) is 19.3 Å². The van der Waals surface area contributed by atoms with Crippen LogP contribution in [0.25, 0.3) is 10.9 Å². The van der Waals surface area contributed by atoms with Crippen molar-refractivity contribution < 1.29 is 27.5 Å².